The summed E-state index contributed by atoms with van der Waals surface area (Å²) >= 11 is 0. The van der Waals surface area contributed by atoms with Crippen LogP contribution < -0.4 is 0 Å². The summed E-state index contributed by atoms with van der Waals surface area (Å²) in [5.74, 6) is -2.32. The summed E-state index contributed by atoms with van der Waals surface area (Å²) in [5, 5.41) is 8.74. The van der Waals surface area contributed by atoms with Crippen LogP contribution in [0.15, 0.2) is 24.4 Å². The number of halogens is 3. The number of hydroxylamine groups is 2. The molecule has 8 nitrogen and oxygen atoms in total. The monoisotopic (exact) mass is 459 g/mol. The number of aliphatic carboxylic acids is 1. The van der Waals surface area contributed by atoms with Crippen molar-refractivity contribution in [2.24, 2.45) is 11.8 Å². The summed E-state index contributed by atoms with van der Waals surface area (Å²) in [6, 6.07) is 6.03. The summed E-state index contributed by atoms with van der Waals surface area (Å²) in [4.78, 5) is 34.3. The number of likely N-dealkylation sites (tertiary alicyclic amines) is 1. The molecule has 4 rings (SSSR count). The third-order valence-electron chi connectivity index (χ3n) is 5.87. The normalized spacial score (nSPS) is 26.5. The van der Waals surface area contributed by atoms with E-state index < -0.39 is 12.1 Å². The Labute approximate surface area is 184 Å². The number of carboxylic acids is 1. The molecule has 178 valence electrons. The molecular weight excluding hydrogens is 431 g/mol. The van der Waals surface area contributed by atoms with Crippen LogP contribution in [0.4, 0.5) is 13.2 Å². The molecule has 32 heavy (non-hydrogen) atoms. The molecule has 0 spiro atoms. The Morgan fingerprint density at radius 1 is 1.16 bits per heavy atom. The Morgan fingerprint density at radius 2 is 1.94 bits per heavy atom. The minimum atomic E-state index is -5.08. The van der Waals surface area contributed by atoms with E-state index in [0.717, 1.165) is 57.6 Å². The van der Waals surface area contributed by atoms with Crippen molar-refractivity contribution in [3.05, 3.63) is 30.1 Å². The third-order valence-corrected chi connectivity index (χ3v) is 5.87. The number of carbonyl (C=O) groups excluding carboxylic acids is 1. The first-order valence-corrected chi connectivity index (χ1v) is 10.7. The van der Waals surface area contributed by atoms with E-state index in [4.69, 9.17) is 19.5 Å². The Kier molecular flexibility index (Phi) is 8.44. The highest BCUT2D eigenvalue weighted by Gasteiger charge is 2.43. The smallest absolute Gasteiger partial charge is 0.475 e. The van der Waals surface area contributed by atoms with Gasteiger partial charge in [0, 0.05) is 50.8 Å². The predicted octanol–water partition coefficient (Wildman–Crippen LogP) is 2.50. The maximum Gasteiger partial charge on any atom is 0.490 e. The van der Waals surface area contributed by atoms with E-state index >= 15 is 0 Å². The van der Waals surface area contributed by atoms with Crippen molar-refractivity contribution in [2.75, 3.05) is 32.8 Å². The van der Waals surface area contributed by atoms with E-state index in [2.05, 4.69) is 16.0 Å². The molecule has 0 saturated carbocycles. The van der Waals surface area contributed by atoms with Crippen LogP contribution in [0.3, 0.4) is 0 Å². The number of fused-ring (bicyclic) bond motifs is 1. The number of carbonyl (C=O) groups is 2. The second kappa shape index (κ2) is 11.1. The molecule has 1 amide bonds. The zero-order valence-electron chi connectivity index (χ0n) is 17.7. The molecule has 3 fully saturated rings. The molecule has 0 aromatic carbocycles. The zero-order chi connectivity index (χ0) is 23.1. The van der Waals surface area contributed by atoms with Gasteiger partial charge in [-0.05, 0) is 37.8 Å². The number of hydrogen-bond acceptors (Lipinski definition) is 6. The van der Waals surface area contributed by atoms with Crippen molar-refractivity contribution in [1.82, 2.24) is 14.9 Å². The Hall–Kier alpha value is -2.24. The number of aromatic nitrogens is 1. The van der Waals surface area contributed by atoms with Crippen molar-refractivity contribution >= 4 is 11.9 Å². The van der Waals surface area contributed by atoms with Crippen molar-refractivity contribution in [1.29, 1.82) is 0 Å². The number of hydrogen-bond donors (Lipinski definition) is 1. The van der Waals surface area contributed by atoms with Gasteiger partial charge >= 0.3 is 12.1 Å². The molecule has 1 aromatic rings. The van der Waals surface area contributed by atoms with Crippen LogP contribution in [0.2, 0.25) is 0 Å². The lowest BCUT2D eigenvalue weighted by Gasteiger charge is -2.45. The van der Waals surface area contributed by atoms with E-state index in [0.29, 0.717) is 13.2 Å². The van der Waals surface area contributed by atoms with Crippen molar-refractivity contribution in [2.45, 2.75) is 44.5 Å². The van der Waals surface area contributed by atoms with Gasteiger partial charge in [0.15, 0.2) is 0 Å². The quantitative estimate of drug-likeness (QED) is 0.743. The average Bonchev–Trinajstić information content (AvgIpc) is 2.79. The summed E-state index contributed by atoms with van der Waals surface area (Å²) < 4.78 is 37.7. The van der Waals surface area contributed by atoms with Crippen molar-refractivity contribution in [3.63, 3.8) is 0 Å². The lowest BCUT2D eigenvalue weighted by Crippen LogP contribution is -2.54. The molecule has 0 aliphatic carbocycles. The Bertz CT molecular complexity index is 759. The maximum atomic E-state index is 13.0. The number of pyridine rings is 1. The van der Waals surface area contributed by atoms with Gasteiger partial charge in [-0.1, -0.05) is 6.07 Å². The van der Waals surface area contributed by atoms with Crippen LogP contribution >= 0.6 is 0 Å². The second-order valence-corrected chi connectivity index (χ2v) is 8.10. The molecule has 4 heterocycles. The maximum absolute atomic E-state index is 13.0. The first kappa shape index (κ1) is 24.4. The fourth-order valence-electron chi connectivity index (χ4n) is 4.31. The van der Waals surface area contributed by atoms with Crippen LogP contribution in [-0.4, -0.2) is 77.1 Å². The van der Waals surface area contributed by atoms with E-state index in [1.165, 1.54) is 0 Å². The average molecular weight is 459 g/mol. The molecule has 0 bridgehead atoms. The molecule has 3 aliphatic heterocycles. The van der Waals surface area contributed by atoms with E-state index in [9.17, 15) is 18.0 Å². The highest BCUT2D eigenvalue weighted by Crippen LogP contribution is 2.35. The molecule has 11 heteroatoms. The molecule has 0 radical (unpaired) electrons. The summed E-state index contributed by atoms with van der Waals surface area (Å²) in [6.45, 7) is 4.81. The number of nitrogens with zero attached hydrogens (tertiary/aromatic N) is 3. The van der Waals surface area contributed by atoms with Gasteiger partial charge in [-0.3, -0.25) is 19.5 Å². The molecule has 1 N–H and O–H groups in total. The molecule has 1 aromatic heterocycles. The largest absolute Gasteiger partial charge is 0.490 e. The summed E-state index contributed by atoms with van der Waals surface area (Å²) in [6.07, 6.45) is 0.828. The van der Waals surface area contributed by atoms with Gasteiger partial charge in [0.2, 0.25) is 5.91 Å². The highest BCUT2D eigenvalue weighted by molar-refractivity contribution is 5.78. The fraction of sp³-hybridized carbons (Fsp3) is 0.667. The van der Waals surface area contributed by atoms with E-state index in [-0.39, 0.29) is 23.8 Å². The van der Waals surface area contributed by atoms with Gasteiger partial charge in [0.25, 0.3) is 0 Å². The summed E-state index contributed by atoms with van der Waals surface area (Å²) in [5.41, 5.74) is 1.08. The number of carboxylic acid groups (broad SMARTS) is 1. The van der Waals surface area contributed by atoms with Gasteiger partial charge in [0.1, 0.15) is 0 Å². The van der Waals surface area contributed by atoms with E-state index in [1.807, 2.05) is 18.3 Å². The first-order valence-electron chi connectivity index (χ1n) is 10.7. The zero-order valence-corrected chi connectivity index (χ0v) is 17.7. The predicted molar refractivity (Wildman–Crippen MR) is 106 cm³/mol. The van der Waals surface area contributed by atoms with Gasteiger partial charge in [-0.15, -0.1) is 0 Å². The van der Waals surface area contributed by atoms with Crippen LogP contribution in [0.5, 0.6) is 0 Å². The molecular formula is C21H28F3N3O5. The second-order valence-electron chi connectivity index (χ2n) is 8.10. The number of alkyl halides is 3. The van der Waals surface area contributed by atoms with Crippen LogP contribution in [0.25, 0.3) is 0 Å². The van der Waals surface area contributed by atoms with E-state index in [1.54, 1.807) is 5.06 Å². The third kappa shape index (κ3) is 6.63. The minimum Gasteiger partial charge on any atom is -0.475 e. The Morgan fingerprint density at radius 3 is 2.56 bits per heavy atom. The van der Waals surface area contributed by atoms with Gasteiger partial charge in [-0.25, -0.2) is 9.86 Å². The van der Waals surface area contributed by atoms with Gasteiger partial charge in [-0.2, -0.15) is 13.2 Å². The fourth-order valence-corrected chi connectivity index (χ4v) is 4.31. The number of piperidine rings is 1. The first-order chi connectivity index (χ1) is 15.3. The SMILES string of the molecule is O=C(O)C(F)(F)F.O=C([C@@H]1CCO[C@@H]2CCN(Cc3ccccn3)C[C@H]21)N1CCCCO1. The Balaban J connectivity index is 0.000000360. The highest BCUT2D eigenvalue weighted by atomic mass is 19.4. The molecule has 3 atom stereocenters. The van der Waals surface area contributed by atoms with Crippen molar-refractivity contribution < 1.29 is 37.4 Å². The number of amides is 1. The molecule has 3 saturated heterocycles. The molecule has 0 unspecified atom stereocenters. The van der Waals surface area contributed by atoms with Crippen LogP contribution in [0.1, 0.15) is 31.4 Å². The topological polar surface area (TPSA) is 92.2 Å². The number of ether oxygens (including phenoxy) is 1. The number of rotatable bonds is 3. The lowest BCUT2D eigenvalue weighted by atomic mass is 9.78. The summed E-state index contributed by atoms with van der Waals surface area (Å²) in [7, 11) is 0. The van der Waals surface area contributed by atoms with Gasteiger partial charge < -0.3 is 9.84 Å². The molecule has 3 aliphatic rings. The van der Waals surface area contributed by atoms with Crippen molar-refractivity contribution in [3.8, 4) is 0 Å². The lowest BCUT2D eigenvalue weighted by molar-refractivity contribution is -0.209. The van der Waals surface area contributed by atoms with Crippen LogP contribution in [-0.2, 0) is 25.7 Å². The standard InChI is InChI=1S/C19H27N3O3.C2HF3O2/c23-19(22-9-3-4-11-25-22)16-7-12-24-18-6-10-21(14-17(16)18)13-15-5-1-2-8-20-15;3-2(4,5)1(6)7/h1-2,5,8,16-18H,3-4,6-7,9-14H2;(H,6,7)/t16-,17+,18-;/m1./s1. The minimum absolute atomic E-state index is 0.0170. The van der Waals surface area contributed by atoms with Crippen LogP contribution in [0, 0.1) is 11.8 Å². The van der Waals surface area contributed by atoms with Gasteiger partial charge in [0.05, 0.1) is 18.4 Å².